The van der Waals surface area contributed by atoms with Crippen LogP contribution in [0.2, 0.25) is 10.0 Å². The Hall–Kier alpha value is -2.67. The molecule has 6 nitrogen and oxygen atoms in total. The predicted octanol–water partition coefficient (Wildman–Crippen LogP) is 4.02. The third kappa shape index (κ3) is 2.64. The number of hydrazone groups is 1. The van der Waals surface area contributed by atoms with Gasteiger partial charge in [0.1, 0.15) is 5.65 Å². The second-order valence-electron chi connectivity index (χ2n) is 6.62. The zero-order chi connectivity index (χ0) is 19.3. The van der Waals surface area contributed by atoms with Gasteiger partial charge in [-0.15, -0.1) is 0 Å². The Morgan fingerprint density at radius 1 is 1.21 bits per heavy atom. The molecule has 0 amide bonds. The Morgan fingerprint density at radius 2 is 2.04 bits per heavy atom. The number of benzene rings is 1. The number of halogens is 2. The highest BCUT2D eigenvalue weighted by atomic mass is 35.5. The number of imidazole rings is 1. The fourth-order valence-electron chi connectivity index (χ4n) is 3.59. The van der Waals surface area contributed by atoms with Gasteiger partial charge in [0.05, 0.1) is 33.6 Å². The van der Waals surface area contributed by atoms with Crippen molar-refractivity contribution in [1.29, 1.82) is 0 Å². The lowest BCUT2D eigenvalue weighted by Crippen LogP contribution is -2.08. The number of aliphatic hydroxyl groups excluding tert-OH is 1. The van der Waals surface area contributed by atoms with Crippen LogP contribution in [0.15, 0.2) is 47.8 Å². The van der Waals surface area contributed by atoms with E-state index >= 15 is 0 Å². The van der Waals surface area contributed by atoms with Crippen LogP contribution >= 0.6 is 23.2 Å². The third-order valence-electron chi connectivity index (χ3n) is 5.01. The van der Waals surface area contributed by atoms with E-state index in [2.05, 4.69) is 21.6 Å². The van der Waals surface area contributed by atoms with E-state index in [1.54, 1.807) is 18.2 Å². The van der Waals surface area contributed by atoms with Crippen LogP contribution in [0.1, 0.15) is 17.2 Å². The van der Waals surface area contributed by atoms with E-state index in [0.717, 1.165) is 23.0 Å². The zero-order valence-corrected chi connectivity index (χ0v) is 16.1. The molecule has 4 heterocycles. The number of hydrogen-bond acceptors (Lipinski definition) is 5. The molecule has 1 unspecified atom stereocenters. The summed E-state index contributed by atoms with van der Waals surface area (Å²) in [5, 5.41) is 16.0. The molecule has 1 atom stereocenters. The molecule has 5 rings (SSSR count). The van der Waals surface area contributed by atoms with Crippen molar-refractivity contribution in [1.82, 2.24) is 19.8 Å². The second kappa shape index (κ2) is 6.74. The van der Waals surface area contributed by atoms with Gasteiger partial charge in [-0.3, -0.25) is 4.98 Å². The van der Waals surface area contributed by atoms with E-state index in [4.69, 9.17) is 28.2 Å². The molecule has 3 aromatic heterocycles. The minimum Gasteiger partial charge on any atom is -0.390 e. The molecular formula is C20H15Cl2N5O. The SMILES string of the molecule is OCc1c(-c2c(Cl)cccc2Cl)nc2c3cc(C4C=NNC4)cnc3ccn12. The highest BCUT2D eigenvalue weighted by molar-refractivity contribution is 6.39. The van der Waals surface area contributed by atoms with Crippen LogP contribution < -0.4 is 5.43 Å². The van der Waals surface area contributed by atoms with Gasteiger partial charge in [-0.1, -0.05) is 29.3 Å². The van der Waals surface area contributed by atoms with Gasteiger partial charge in [0.25, 0.3) is 0 Å². The Labute approximate surface area is 170 Å². The summed E-state index contributed by atoms with van der Waals surface area (Å²) >= 11 is 12.8. The van der Waals surface area contributed by atoms with Gasteiger partial charge in [-0.2, -0.15) is 5.10 Å². The summed E-state index contributed by atoms with van der Waals surface area (Å²) in [5.41, 5.74) is 7.36. The smallest absolute Gasteiger partial charge is 0.147 e. The molecule has 0 aliphatic carbocycles. The van der Waals surface area contributed by atoms with Crippen LogP contribution in [0.4, 0.5) is 0 Å². The van der Waals surface area contributed by atoms with E-state index < -0.39 is 0 Å². The largest absolute Gasteiger partial charge is 0.390 e. The van der Waals surface area contributed by atoms with E-state index in [9.17, 15) is 5.11 Å². The number of fused-ring (bicyclic) bond motifs is 3. The standard InChI is InChI=1S/C20H15Cl2N5O/c21-14-2-1-3-15(22)18(14)19-17(10-28)27-5-4-16-13(20(27)26-19)6-11(7-23-16)12-8-24-25-9-12/h1-8,12,25,28H,9-10H2. The topological polar surface area (TPSA) is 74.8 Å². The molecule has 1 aliphatic heterocycles. The Bertz CT molecular complexity index is 1230. The number of pyridine rings is 2. The van der Waals surface area contributed by atoms with Crippen LogP contribution in [0.5, 0.6) is 0 Å². The predicted molar refractivity (Wildman–Crippen MR) is 111 cm³/mol. The van der Waals surface area contributed by atoms with E-state index in [1.807, 2.05) is 29.1 Å². The van der Waals surface area contributed by atoms with Crippen molar-refractivity contribution in [3.05, 3.63) is 64.0 Å². The molecule has 0 bridgehead atoms. The number of aromatic nitrogens is 3. The zero-order valence-electron chi connectivity index (χ0n) is 14.6. The van der Waals surface area contributed by atoms with E-state index in [-0.39, 0.29) is 12.5 Å². The van der Waals surface area contributed by atoms with Crippen LogP contribution in [-0.4, -0.2) is 32.2 Å². The summed E-state index contributed by atoms with van der Waals surface area (Å²) in [5.74, 6) is 0.168. The number of nitrogens with zero attached hydrogens (tertiary/aromatic N) is 4. The maximum Gasteiger partial charge on any atom is 0.147 e. The van der Waals surface area contributed by atoms with Gasteiger partial charge in [0, 0.05) is 42.0 Å². The van der Waals surface area contributed by atoms with Crippen LogP contribution in [0.3, 0.4) is 0 Å². The third-order valence-corrected chi connectivity index (χ3v) is 5.64. The fourth-order valence-corrected chi connectivity index (χ4v) is 4.17. The number of hydrogen-bond donors (Lipinski definition) is 2. The summed E-state index contributed by atoms with van der Waals surface area (Å²) in [7, 11) is 0. The molecule has 28 heavy (non-hydrogen) atoms. The summed E-state index contributed by atoms with van der Waals surface area (Å²) in [6, 6.07) is 9.29. The Balaban J connectivity index is 1.80. The van der Waals surface area contributed by atoms with E-state index in [0.29, 0.717) is 32.6 Å². The maximum absolute atomic E-state index is 10.1. The lowest BCUT2D eigenvalue weighted by Gasteiger charge is -2.08. The molecule has 8 heteroatoms. The van der Waals surface area contributed by atoms with Crippen molar-refractivity contribution in [3.63, 3.8) is 0 Å². The molecule has 0 radical (unpaired) electrons. The molecule has 0 saturated heterocycles. The second-order valence-corrected chi connectivity index (χ2v) is 7.43. The lowest BCUT2D eigenvalue weighted by atomic mass is 10.0. The number of aliphatic hydroxyl groups is 1. The van der Waals surface area contributed by atoms with Crippen molar-refractivity contribution < 1.29 is 5.11 Å². The van der Waals surface area contributed by atoms with Crippen molar-refractivity contribution >= 4 is 46.0 Å². The van der Waals surface area contributed by atoms with Crippen LogP contribution in [-0.2, 0) is 6.61 Å². The molecule has 4 aromatic rings. The lowest BCUT2D eigenvalue weighted by molar-refractivity contribution is 0.276. The number of rotatable bonds is 3. The quantitative estimate of drug-likeness (QED) is 0.533. The molecule has 1 aliphatic rings. The van der Waals surface area contributed by atoms with Gasteiger partial charge >= 0.3 is 0 Å². The van der Waals surface area contributed by atoms with Crippen molar-refractivity contribution in [2.75, 3.05) is 6.54 Å². The van der Waals surface area contributed by atoms with Crippen molar-refractivity contribution in [3.8, 4) is 11.3 Å². The van der Waals surface area contributed by atoms with Gasteiger partial charge in [0.2, 0.25) is 0 Å². The average molecular weight is 412 g/mol. The summed E-state index contributed by atoms with van der Waals surface area (Å²) < 4.78 is 1.86. The van der Waals surface area contributed by atoms with Crippen LogP contribution in [0.25, 0.3) is 27.8 Å². The molecule has 0 saturated carbocycles. The molecule has 0 fully saturated rings. The minimum absolute atomic E-state index is 0.168. The first kappa shape index (κ1) is 17.4. The van der Waals surface area contributed by atoms with Gasteiger partial charge in [-0.05, 0) is 29.8 Å². The highest BCUT2D eigenvalue weighted by Gasteiger charge is 2.21. The normalized spacial score (nSPS) is 16.2. The fraction of sp³-hybridized carbons (Fsp3) is 0.150. The molecule has 0 spiro atoms. The molecular weight excluding hydrogens is 397 g/mol. The number of nitrogens with one attached hydrogen (secondary N) is 1. The Morgan fingerprint density at radius 3 is 2.75 bits per heavy atom. The van der Waals surface area contributed by atoms with Crippen molar-refractivity contribution in [2.24, 2.45) is 5.10 Å². The summed E-state index contributed by atoms with van der Waals surface area (Å²) in [6.45, 7) is 0.545. The molecule has 2 N–H and O–H groups in total. The van der Waals surface area contributed by atoms with Gasteiger partial charge in [-0.25, -0.2) is 4.98 Å². The van der Waals surface area contributed by atoms with E-state index in [1.165, 1.54) is 0 Å². The maximum atomic E-state index is 10.1. The van der Waals surface area contributed by atoms with Gasteiger partial charge in [0.15, 0.2) is 0 Å². The monoisotopic (exact) mass is 411 g/mol. The first-order valence-electron chi connectivity index (χ1n) is 8.78. The first-order chi connectivity index (χ1) is 13.7. The summed E-state index contributed by atoms with van der Waals surface area (Å²) in [4.78, 5) is 9.41. The van der Waals surface area contributed by atoms with Crippen LogP contribution in [0, 0.1) is 0 Å². The first-order valence-corrected chi connectivity index (χ1v) is 9.54. The van der Waals surface area contributed by atoms with Crippen molar-refractivity contribution in [2.45, 2.75) is 12.5 Å². The minimum atomic E-state index is -0.199. The van der Waals surface area contributed by atoms with Gasteiger partial charge < -0.3 is 14.9 Å². The average Bonchev–Trinajstić information content (AvgIpc) is 3.35. The molecule has 1 aromatic carbocycles. The Kier molecular flexibility index (Phi) is 4.19. The molecule has 140 valence electrons. The summed E-state index contributed by atoms with van der Waals surface area (Å²) in [6.07, 6.45) is 5.60. The highest BCUT2D eigenvalue weighted by Crippen LogP contribution is 2.37.